The molecule has 0 aliphatic rings. The highest BCUT2D eigenvalue weighted by Crippen LogP contribution is 2.29. The van der Waals surface area contributed by atoms with Crippen LogP contribution in [-0.4, -0.2) is 26.2 Å². The van der Waals surface area contributed by atoms with Crippen LogP contribution < -0.4 is 19.5 Å². The molecule has 0 aromatic heterocycles. The topological polar surface area (TPSA) is 56.8 Å². The lowest BCUT2D eigenvalue weighted by Crippen LogP contribution is -2.30. The molecule has 2 rings (SSSR count). The highest BCUT2D eigenvalue weighted by Gasteiger charge is 2.17. The Morgan fingerprint density at radius 2 is 1.84 bits per heavy atom. The number of nitrogens with one attached hydrogen (secondary N) is 1. The predicted octanol–water partition coefficient (Wildman–Crippen LogP) is 3.84. The molecule has 0 saturated heterocycles. The van der Waals surface area contributed by atoms with Gasteiger partial charge in [-0.05, 0) is 55.3 Å². The summed E-state index contributed by atoms with van der Waals surface area (Å²) in [5.41, 5.74) is 1.74. The number of amides is 1. The number of carbonyl (C=O) groups is 1. The summed E-state index contributed by atoms with van der Waals surface area (Å²) in [4.78, 5) is 12.3. The number of hydrogen-bond acceptors (Lipinski definition) is 4. The van der Waals surface area contributed by atoms with Crippen molar-refractivity contribution in [1.29, 1.82) is 0 Å². The van der Waals surface area contributed by atoms with Crippen molar-refractivity contribution < 1.29 is 19.0 Å². The van der Waals surface area contributed by atoms with Crippen molar-refractivity contribution in [3.8, 4) is 17.2 Å². The van der Waals surface area contributed by atoms with E-state index in [0.29, 0.717) is 17.2 Å². The van der Waals surface area contributed by atoms with E-state index in [1.54, 1.807) is 51.5 Å². The summed E-state index contributed by atoms with van der Waals surface area (Å²) in [6, 6.07) is 12.7. The van der Waals surface area contributed by atoms with Gasteiger partial charge in [-0.2, -0.15) is 0 Å². The zero-order valence-electron chi connectivity index (χ0n) is 14.7. The van der Waals surface area contributed by atoms with E-state index >= 15 is 0 Å². The van der Waals surface area contributed by atoms with Gasteiger partial charge in [0.2, 0.25) is 0 Å². The maximum absolute atomic E-state index is 12.3. The van der Waals surface area contributed by atoms with Gasteiger partial charge in [-0.1, -0.05) is 12.1 Å². The normalized spacial score (nSPS) is 11.3. The third kappa shape index (κ3) is 5.01. The minimum atomic E-state index is -0.679. The average Bonchev–Trinajstić information content (AvgIpc) is 2.63. The summed E-state index contributed by atoms with van der Waals surface area (Å²) >= 11 is 0. The van der Waals surface area contributed by atoms with Crippen molar-refractivity contribution in [2.45, 2.75) is 19.4 Å². The number of carbonyl (C=O) groups excluding carboxylic acids is 1. The van der Waals surface area contributed by atoms with Crippen LogP contribution in [0.25, 0.3) is 0 Å². The average molecular weight is 341 g/mol. The number of ether oxygens (including phenoxy) is 3. The molecular weight excluding hydrogens is 318 g/mol. The Hall–Kier alpha value is -2.95. The maximum atomic E-state index is 12.3. The van der Waals surface area contributed by atoms with Gasteiger partial charge in [0.15, 0.2) is 17.6 Å². The second kappa shape index (κ2) is 8.78. The highest BCUT2D eigenvalue weighted by molar-refractivity contribution is 5.94. The molecule has 1 N–H and O–H groups in total. The third-order valence-electron chi connectivity index (χ3n) is 3.64. The fraction of sp³-hybridized carbons (Fsp3) is 0.250. The molecule has 1 unspecified atom stereocenters. The van der Waals surface area contributed by atoms with Crippen molar-refractivity contribution in [2.24, 2.45) is 0 Å². The monoisotopic (exact) mass is 341 g/mol. The van der Waals surface area contributed by atoms with Gasteiger partial charge in [-0.25, -0.2) is 0 Å². The van der Waals surface area contributed by atoms with Gasteiger partial charge in [0.05, 0.1) is 14.2 Å². The predicted molar refractivity (Wildman–Crippen MR) is 98.6 cm³/mol. The fourth-order valence-corrected chi connectivity index (χ4v) is 2.27. The summed E-state index contributed by atoms with van der Waals surface area (Å²) in [5, 5.41) is 2.81. The van der Waals surface area contributed by atoms with E-state index < -0.39 is 6.10 Å². The summed E-state index contributed by atoms with van der Waals surface area (Å²) < 4.78 is 16.2. The number of allylic oxidation sites excluding steroid dienone is 1. The van der Waals surface area contributed by atoms with Crippen LogP contribution in [0.5, 0.6) is 17.2 Å². The fourth-order valence-electron chi connectivity index (χ4n) is 2.27. The van der Waals surface area contributed by atoms with Gasteiger partial charge in [-0.3, -0.25) is 4.79 Å². The maximum Gasteiger partial charge on any atom is 0.265 e. The Morgan fingerprint density at radius 1 is 1.12 bits per heavy atom. The van der Waals surface area contributed by atoms with E-state index in [1.807, 2.05) is 18.2 Å². The quantitative estimate of drug-likeness (QED) is 0.741. The van der Waals surface area contributed by atoms with Gasteiger partial charge in [0, 0.05) is 5.69 Å². The molecule has 0 aliphatic carbocycles. The molecule has 0 heterocycles. The minimum Gasteiger partial charge on any atom is -0.497 e. The molecule has 25 heavy (non-hydrogen) atoms. The molecule has 2 aromatic carbocycles. The van der Waals surface area contributed by atoms with Crippen LogP contribution in [0.3, 0.4) is 0 Å². The van der Waals surface area contributed by atoms with Crippen LogP contribution in [-0.2, 0) is 11.2 Å². The van der Waals surface area contributed by atoms with E-state index in [2.05, 4.69) is 11.9 Å². The van der Waals surface area contributed by atoms with Crippen molar-refractivity contribution in [3.63, 3.8) is 0 Å². The highest BCUT2D eigenvalue weighted by atomic mass is 16.5. The standard InChI is InChI=1S/C20H23NO4/c1-5-6-15-7-12-18(19(13-15)24-4)25-14(2)20(22)21-16-8-10-17(23-3)11-9-16/h5,7-14H,1,6H2,2-4H3,(H,21,22). The number of rotatable bonds is 8. The lowest BCUT2D eigenvalue weighted by Gasteiger charge is -2.17. The Labute approximate surface area is 148 Å². The Morgan fingerprint density at radius 3 is 2.44 bits per heavy atom. The largest absolute Gasteiger partial charge is 0.497 e. The van der Waals surface area contributed by atoms with Crippen molar-refractivity contribution >= 4 is 11.6 Å². The van der Waals surface area contributed by atoms with Crippen LogP contribution >= 0.6 is 0 Å². The van der Waals surface area contributed by atoms with E-state index in [-0.39, 0.29) is 5.91 Å². The van der Waals surface area contributed by atoms with E-state index in [9.17, 15) is 4.79 Å². The Kier molecular flexibility index (Phi) is 6.46. The molecule has 0 fully saturated rings. The molecule has 0 radical (unpaired) electrons. The molecule has 1 atom stereocenters. The van der Waals surface area contributed by atoms with Gasteiger partial charge in [-0.15, -0.1) is 6.58 Å². The molecule has 5 nitrogen and oxygen atoms in total. The molecule has 132 valence electrons. The van der Waals surface area contributed by atoms with Crippen molar-refractivity contribution in [3.05, 3.63) is 60.7 Å². The summed E-state index contributed by atoms with van der Waals surface area (Å²) in [7, 11) is 3.17. The van der Waals surface area contributed by atoms with Gasteiger partial charge < -0.3 is 19.5 Å². The van der Waals surface area contributed by atoms with Crippen LogP contribution in [0.15, 0.2) is 55.1 Å². The first-order valence-electron chi connectivity index (χ1n) is 7.96. The smallest absolute Gasteiger partial charge is 0.265 e. The SMILES string of the molecule is C=CCc1ccc(OC(C)C(=O)Nc2ccc(OC)cc2)c(OC)c1. The van der Waals surface area contributed by atoms with Gasteiger partial charge in [0.25, 0.3) is 5.91 Å². The zero-order chi connectivity index (χ0) is 18.2. The van der Waals surface area contributed by atoms with Gasteiger partial charge in [0.1, 0.15) is 5.75 Å². The lowest BCUT2D eigenvalue weighted by atomic mass is 10.1. The molecular formula is C20H23NO4. The molecule has 0 bridgehead atoms. The van der Waals surface area contributed by atoms with Crippen molar-refractivity contribution in [1.82, 2.24) is 0 Å². The Balaban J connectivity index is 2.03. The molecule has 5 heteroatoms. The van der Waals surface area contributed by atoms with Gasteiger partial charge >= 0.3 is 0 Å². The second-order valence-electron chi connectivity index (χ2n) is 5.46. The molecule has 0 spiro atoms. The number of anilines is 1. The Bertz CT molecular complexity index is 725. The minimum absolute atomic E-state index is 0.248. The van der Waals surface area contributed by atoms with E-state index in [4.69, 9.17) is 14.2 Å². The van der Waals surface area contributed by atoms with Crippen LogP contribution in [0.4, 0.5) is 5.69 Å². The first kappa shape index (κ1) is 18.4. The van der Waals surface area contributed by atoms with Crippen LogP contribution in [0.2, 0.25) is 0 Å². The lowest BCUT2D eigenvalue weighted by molar-refractivity contribution is -0.122. The summed E-state index contributed by atoms with van der Waals surface area (Å²) in [6.45, 7) is 5.41. The molecule has 2 aromatic rings. The second-order valence-corrected chi connectivity index (χ2v) is 5.46. The van der Waals surface area contributed by atoms with Crippen molar-refractivity contribution in [2.75, 3.05) is 19.5 Å². The molecule has 1 amide bonds. The van der Waals surface area contributed by atoms with Crippen LogP contribution in [0.1, 0.15) is 12.5 Å². The van der Waals surface area contributed by atoms with E-state index in [1.165, 1.54) is 0 Å². The zero-order valence-corrected chi connectivity index (χ0v) is 14.7. The molecule has 0 saturated carbocycles. The molecule has 0 aliphatic heterocycles. The number of benzene rings is 2. The van der Waals surface area contributed by atoms with Crippen LogP contribution in [0, 0.1) is 0 Å². The summed E-state index contributed by atoms with van der Waals surface area (Å²) in [5.74, 6) is 1.59. The first-order valence-corrected chi connectivity index (χ1v) is 7.96. The number of methoxy groups -OCH3 is 2. The number of hydrogen-bond donors (Lipinski definition) is 1. The third-order valence-corrected chi connectivity index (χ3v) is 3.64. The first-order chi connectivity index (χ1) is 12.1. The summed E-state index contributed by atoms with van der Waals surface area (Å²) in [6.07, 6.45) is 1.88. The van der Waals surface area contributed by atoms with E-state index in [0.717, 1.165) is 17.7 Å².